The molecule has 6 heteroatoms. The molecule has 1 aliphatic rings. The van der Waals surface area contributed by atoms with Crippen LogP contribution < -0.4 is 16.0 Å². The SMILES string of the molecule is O=C(NCCNc1cnccn1)C1CCCN1. The molecule has 0 aromatic carbocycles. The number of nitrogens with one attached hydrogen (secondary N) is 3. The van der Waals surface area contributed by atoms with Crippen molar-refractivity contribution in [2.75, 3.05) is 25.0 Å². The summed E-state index contributed by atoms with van der Waals surface area (Å²) in [6.45, 7) is 2.18. The quantitative estimate of drug-likeness (QED) is 0.614. The summed E-state index contributed by atoms with van der Waals surface area (Å²) in [4.78, 5) is 19.6. The van der Waals surface area contributed by atoms with Gasteiger partial charge in [-0.25, -0.2) is 4.98 Å². The van der Waals surface area contributed by atoms with Gasteiger partial charge in [-0.3, -0.25) is 9.78 Å². The Balaban J connectivity index is 1.61. The van der Waals surface area contributed by atoms with E-state index in [9.17, 15) is 4.79 Å². The van der Waals surface area contributed by atoms with Gasteiger partial charge >= 0.3 is 0 Å². The molecule has 1 amide bonds. The highest BCUT2D eigenvalue weighted by Crippen LogP contribution is 2.04. The van der Waals surface area contributed by atoms with Crippen LogP contribution in [0.15, 0.2) is 18.6 Å². The first kappa shape index (κ1) is 11.8. The van der Waals surface area contributed by atoms with Crippen LogP contribution in [0.4, 0.5) is 5.82 Å². The predicted molar refractivity (Wildman–Crippen MR) is 64.6 cm³/mol. The number of aromatic nitrogens is 2. The molecule has 17 heavy (non-hydrogen) atoms. The number of rotatable bonds is 5. The Bertz CT molecular complexity index is 350. The number of carbonyl (C=O) groups excluding carboxylic acids is 1. The number of nitrogens with zero attached hydrogens (tertiary/aromatic N) is 2. The van der Waals surface area contributed by atoms with Crippen LogP contribution in [-0.4, -0.2) is 41.6 Å². The maximum atomic E-state index is 11.6. The molecule has 1 atom stereocenters. The minimum absolute atomic E-state index is 0.00785. The molecule has 0 aliphatic carbocycles. The van der Waals surface area contributed by atoms with Crippen molar-refractivity contribution in [2.24, 2.45) is 0 Å². The summed E-state index contributed by atoms with van der Waals surface area (Å²) < 4.78 is 0. The molecule has 0 radical (unpaired) electrons. The first-order valence-corrected chi connectivity index (χ1v) is 5.87. The topological polar surface area (TPSA) is 78.9 Å². The van der Waals surface area contributed by atoms with Crippen molar-refractivity contribution < 1.29 is 4.79 Å². The standard InChI is InChI=1S/C11H17N5O/c17-11(9-2-1-3-13-9)16-7-6-15-10-8-12-4-5-14-10/h4-5,8-9,13H,1-3,6-7H2,(H,14,15)(H,16,17). The van der Waals surface area contributed by atoms with E-state index in [1.165, 1.54) is 0 Å². The van der Waals surface area contributed by atoms with Crippen LogP contribution in [0.2, 0.25) is 0 Å². The monoisotopic (exact) mass is 235 g/mol. The third kappa shape index (κ3) is 3.67. The predicted octanol–water partition coefficient (Wildman–Crippen LogP) is -0.243. The summed E-state index contributed by atoms with van der Waals surface area (Å²) in [5.41, 5.74) is 0. The Morgan fingerprint density at radius 2 is 2.41 bits per heavy atom. The van der Waals surface area contributed by atoms with Gasteiger partial charge in [-0.05, 0) is 19.4 Å². The molecular weight excluding hydrogens is 218 g/mol. The molecule has 1 aliphatic heterocycles. The van der Waals surface area contributed by atoms with Crippen LogP contribution in [0.3, 0.4) is 0 Å². The summed E-state index contributed by atoms with van der Waals surface area (Å²) in [5, 5.41) is 9.12. The van der Waals surface area contributed by atoms with E-state index in [1.54, 1.807) is 18.6 Å². The van der Waals surface area contributed by atoms with Gasteiger partial charge in [0.25, 0.3) is 0 Å². The highest BCUT2D eigenvalue weighted by Gasteiger charge is 2.20. The van der Waals surface area contributed by atoms with Gasteiger partial charge in [0.2, 0.25) is 5.91 Å². The summed E-state index contributed by atoms with van der Waals surface area (Å²) in [6.07, 6.45) is 6.92. The molecule has 1 saturated heterocycles. The average Bonchev–Trinajstić information content (AvgIpc) is 2.89. The molecule has 0 spiro atoms. The fraction of sp³-hybridized carbons (Fsp3) is 0.545. The van der Waals surface area contributed by atoms with Crippen molar-refractivity contribution in [1.82, 2.24) is 20.6 Å². The third-order valence-corrected chi connectivity index (χ3v) is 2.67. The Hall–Kier alpha value is -1.69. The average molecular weight is 235 g/mol. The number of carbonyl (C=O) groups is 1. The van der Waals surface area contributed by atoms with Crippen molar-refractivity contribution in [1.29, 1.82) is 0 Å². The highest BCUT2D eigenvalue weighted by atomic mass is 16.2. The molecular formula is C11H17N5O. The van der Waals surface area contributed by atoms with Crippen LogP contribution in [0, 0.1) is 0 Å². The van der Waals surface area contributed by atoms with E-state index in [-0.39, 0.29) is 11.9 Å². The summed E-state index contributed by atoms with van der Waals surface area (Å²) >= 11 is 0. The molecule has 2 heterocycles. The molecule has 1 aromatic rings. The second-order valence-electron chi connectivity index (χ2n) is 3.96. The molecule has 1 aromatic heterocycles. The molecule has 3 N–H and O–H groups in total. The van der Waals surface area contributed by atoms with Gasteiger partial charge in [-0.1, -0.05) is 0 Å². The van der Waals surface area contributed by atoms with E-state index < -0.39 is 0 Å². The largest absolute Gasteiger partial charge is 0.367 e. The molecule has 0 bridgehead atoms. The zero-order valence-corrected chi connectivity index (χ0v) is 9.65. The fourth-order valence-corrected chi connectivity index (χ4v) is 1.80. The Morgan fingerprint density at radius 1 is 1.47 bits per heavy atom. The Labute approximate surface area is 100 Å². The van der Waals surface area contributed by atoms with Crippen molar-refractivity contribution in [3.8, 4) is 0 Å². The maximum Gasteiger partial charge on any atom is 0.237 e. The molecule has 92 valence electrons. The van der Waals surface area contributed by atoms with Gasteiger partial charge < -0.3 is 16.0 Å². The van der Waals surface area contributed by atoms with Crippen LogP contribution in [-0.2, 0) is 4.79 Å². The van der Waals surface area contributed by atoms with Gasteiger partial charge in [-0.2, -0.15) is 0 Å². The van der Waals surface area contributed by atoms with Crippen LogP contribution >= 0.6 is 0 Å². The van der Waals surface area contributed by atoms with E-state index in [1.807, 2.05) is 0 Å². The van der Waals surface area contributed by atoms with Crippen molar-refractivity contribution in [3.05, 3.63) is 18.6 Å². The van der Waals surface area contributed by atoms with Gasteiger partial charge in [0.05, 0.1) is 12.2 Å². The fourth-order valence-electron chi connectivity index (χ4n) is 1.80. The lowest BCUT2D eigenvalue weighted by molar-refractivity contribution is -0.122. The van der Waals surface area contributed by atoms with Gasteiger partial charge in [0.15, 0.2) is 0 Å². The summed E-state index contributed by atoms with van der Waals surface area (Å²) in [7, 11) is 0. The van der Waals surface area contributed by atoms with E-state index in [0.29, 0.717) is 13.1 Å². The molecule has 6 nitrogen and oxygen atoms in total. The van der Waals surface area contributed by atoms with Gasteiger partial charge in [0.1, 0.15) is 5.82 Å². The van der Waals surface area contributed by atoms with Crippen molar-refractivity contribution in [3.63, 3.8) is 0 Å². The van der Waals surface area contributed by atoms with E-state index in [2.05, 4.69) is 25.9 Å². The van der Waals surface area contributed by atoms with E-state index >= 15 is 0 Å². The lowest BCUT2D eigenvalue weighted by Gasteiger charge is -2.11. The first-order valence-electron chi connectivity index (χ1n) is 5.87. The normalized spacial score (nSPS) is 18.9. The Kier molecular flexibility index (Phi) is 4.26. The number of hydrogen-bond donors (Lipinski definition) is 3. The summed E-state index contributed by atoms with van der Waals surface area (Å²) in [5.74, 6) is 0.809. The second kappa shape index (κ2) is 6.15. The van der Waals surface area contributed by atoms with Crippen molar-refractivity contribution in [2.45, 2.75) is 18.9 Å². The van der Waals surface area contributed by atoms with Crippen LogP contribution in [0.25, 0.3) is 0 Å². The van der Waals surface area contributed by atoms with Gasteiger partial charge in [0, 0.05) is 25.5 Å². The van der Waals surface area contributed by atoms with Crippen LogP contribution in [0.1, 0.15) is 12.8 Å². The lowest BCUT2D eigenvalue weighted by Crippen LogP contribution is -2.42. The second-order valence-corrected chi connectivity index (χ2v) is 3.96. The third-order valence-electron chi connectivity index (χ3n) is 2.67. The summed E-state index contributed by atoms with van der Waals surface area (Å²) in [6, 6.07) is -0.00785. The van der Waals surface area contributed by atoms with Gasteiger partial charge in [-0.15, -0.1) is 0 Å². The first-order chi connectivity index (χ1) is 8.36. The smallest absolute Gasteiger partial charge is 0.237 e. The minimum atomic E-state index is -0.00785. The van der Waals surface area contributed by atoms with Crippen molar-refractivity contribution >= 4 is 11.7 Å². The maximum absolute atomic E-state index is 11.6. The number of hydrogen-bond acceptors (Lipinski definition) is 5. The Morgan fingerprint density at radius 3 is 3.12 bits per heavy atom. The van der Waals surface area contributed by atoms with Crippen LogP contribution in [0.5, 0.6) is 0 Å². The number of amides is 1. The molecule has 1 fully saturated rings. The minimum Gasteiger partial charge on any atom is -0.367 e. The zero-order valence-electron chi connectivity index (χ0n) is 9.65. The number of anilines is 1. The van der Waals surface area contributed by atoms with E-state index in [0.717, 1.165) is 25.2 Å². The lowest BCUT2D eigenvalue weighted by atomic mass is 10.2. The molecule has 1 unspecified atom stereocenters. The highest BCUT2D eigenvalue weighted by molar-refractivity contribution is 5.81. The zero-order chi connectivity index (χ0) is 11.9. The van der Waals surface area contributed by atoms with E-state index in [4.69, 9.17) is 0 Å². The molecule has 2 rings (SSSR count). The molecule has 0 saturated carbocycles.